The van der Waals surface area contributed by atoms with Gasteiger partial charge in [-0.15, -0.1) is 0 Å². The molecule has 0 atom stereocenters. The number of imidazole rings is 1. The van der Waals surface area contributed by atoms with Gasteiger partial charge in [0.05, 0.1) is 13.2 Å². The summed E-state index contributed by atoms with van der Waals surface area (Å²) in [7, 11) is 0. The van der Waals surface area contributed by atoms with Crippen LogP contribution in [0.15, 0.2) is 35.5 Å². The third-order valence-corrected chi connectivity index (χ3v) is 4.21. The summed E-state index contributed by atoms with van der Waals surface area (Å²) < 4.78 is 6.97. The van der Waals surface area contributed by atoms with Crippen molar-refractivity contribution in [1.82, 2.24) is 9.55 Å². The van der Waals surface area contributed by atoms with E-state index in [4.69, 9.17) is 4.74 Å². The zero-order chi connectivity index (χ0) is 18.4. The van der Waals surface area contributed by atoms with Crippen LogP contribution in [0.25, 0.3) is 0 Å². The molecular weight excluding hydrogens is 338 g/mol. The van der Waals surface area contributed by atoms with E-state index in [1.54, 1.807) is 25.3 Å². The van der Waals surface area contributed by atoms with Crippen molar-refractivity contribution < 1.29 is 14.3 Å². The summed E-state index contributed by atoms with van der Waals surface area (Å²) in [5, 5.41) is 3.39. The zero-order valence-electron chi connectivity index (χ0n) is 14.9. The van der Waals surface area contributed by atoms with Gasteiger partial charge in [0.25, 0.3) is 0 Å². The van der Waals surface area contributed by atoms with Crippen LogP contribution >= 0.6 is 11.8 Å². The molecule has 0 aliphatic rings. The number of anilines is 1. The number of hydrogen-bond donors (Lipinski definition) is 1. The van der Waals surface area contributed by atoms with Crippen LogP contribution in [0.4, 0.5) is 5.82 Å². The number of carbonyl (C=O) groups excluding carboxylic acids is 2. The molecule has 1 amide bonds. The number of rotatable bonds is 7. The molecule has 0 spiro atoms. The molecule has 0 saturated heterocycles. The van der Waals surface area contributed by atoms with E-state index < -0.39 is 5.97 Å². The highest BCUT2D eigenvalue weighted by molar-refractivity contribution is 7.98. The largest absolute Gasteiger partial charge is 0.461 e. The Labute approximate surface area is 152 Å². The maximum Gasteiger partial charge on any atom is 0.358 e. The molecule has 0 radical (unpaired) electrons. The molecule has 0 saturated carbocycles. The Morgan fingerprint density at radius 1 is 1.28 bits per heavy atom. The number of benzene rings is 1. The first-order valence-electron chi connectivity index (χ1n) is 8.14. The van der Waals surface area contributed by atoms with E-state index in [-0.39, 0.29) is 29.9 Å². The van der Waals surface area contributed by atoms with Crippen LogP contribution in [-0.4, -0.2) is 34.3 Å². The van der Waals surface area contributed by atoms with Crippen LogP contribution in [-0.2, 0) is 16.1 Å². The minimum absolute atomic E-state index is 0.192. The van der Waals surface area contributed by atoms with E-state index >= 15 is 0 Å². The van der Waals surface area contributed by atoms with Gasteiger partial charge in [0.15, 0.2) is 16.7 Å². The van der Waals surface area contributed by atoms with E-state index in [0.717, 1.165) is 5.56 Å². The molecule has 0 unspecified atom stereocenters. The number of nitrogens with one attached hydrogen (secondary N) is 1. The fourth-order valence-corrected chi connectivity index (χ4v) is 2.81. The molecule has 1 N–H and O–H groups in total. The second-order valence-corrected chi connectivity index (χ2v) is 6.51. The van der Waals surface area contributed by atoms with Gasteiger partial charge in [0.2, 0.25) is 5.91 Å². The van der Waals surface area contributed by atoms with Crippen LogP contribution in [0.3, 0.4) is 0 Å². The minimum atomic E-state index is -0.495. The highest BCUT2D eigenvalue weighted by Crippen LogP contribution is 2.26. The van der Waals surface area contributed by atoms with Gasteiger partial charge in [-0.3, -0.25) is 4.79 Å². The van der Waals surface area contributed by atoms with Crippen LogP contribution in [0.2, 0.25) is 0 Å². The number of ether oxygens (including phenoxy) is 1. The second kappa shape index (κ2) is 8.71. The van der Waals surface area contributed by atoms with Crippen molar-refractivity contribution in [2.45, 2.75) is 32.5 Å². The number of carbonyl (C=O) groups is 2. The van der Waals surface area contributed by atoms with Crippen molar-refractivity contribution >= 4 is 29.5 Å². The lowest BCUT2D eigenvalue weighted by Crippen LogP contribution is -2.21. The van der Waals surface area contributed by atoms with E-state index in [1.807, 2.05) is 36.6 Å². The first-order chi connectivity index (χ1) is 12.0. The summed E-state index contributed by atoms with van der Waals surface area (Å²) >= 11 is 1.41. The van der Waals surface area contributed by atoms with Crippen molar-refractivity contribution in [3.63, 3.8) is 0 Å². The van der Waals surface area contributed by atoms with E-state index in [0.29, 0.717) is 11.7 Å². The number of nitrogens with zero attached hydrogens (tertiary/aromatic N) is 2. The molecule has 1 heterocycles. The normalized spacial score (nSPS) is 10.8. The van der Waals surface area contributed by atoms with Crippen LogP contribution < -0.4 is 5.32 Å². The topological polar surface area (TPSA) is 73.2 Å². The van der Waals surface area contributed by atoms with Crippen LogP contribution in [0, 0.1) is 5.92 Å². The quantitative estimate of drug-likeness (QED) is 0.604. The van der Waals surface area contributed by atoms with E-state index in [1.165, 1.54) is 11.8 Å². The molecule has 0 fully saturated rings. The Morgan fingerprint density at radius 2 is 1.96 bits per heavy atom. The Balaban J connectivity index is 2.49. The number of hydrogen-bond acceptors (Lipinski definition) is 5. The van der Waals surface area contributed by atoms with Gasteiger partial charge in [-0.1, -0.05) is 55.9 Å². The predicted molar refractivity (Wildman–Crippen MR) is 99.0 cm³/mol. The lowest BCUT2D eigenvalue weighted by Gasteiger charge is -2.12. The van der Waals surface area contributed by atoms with Gasteiger partial charge in [-0.25, -0.2) is 9.78 Å². The SMILES string of the molecule is CCOC(=O)c1c(NC(=O)C(C)C)nc(SC)n1Cc1ccccc1. The zero-order valence-corrected chi connectivity index (χ0v) is 15.7. The molecule has 1 aromatic heterocycles. The third-order valence-electron chi connectivity index (χ3n) is 3.53. The fraction of sp³-hybridized carbons (Fsp3) is 0.389. The van der Waals surface area contributed by atoms with Crippen molar-refractivity contribution in [3.05, 3.63) is 41.6 Å². The molecule has 6 nitrogen and oxygen atoms in total. The van der Waals surface area contributed by atoms with Crippen LogP contribution in [0.5, 0.6) is 0 Å². The van der Waals surface area contributed by atoms with E-state index in [9.17, 15) is 9.59 Å². The summed E-state index contributed by atoms with van der Waals surface area (Å²) in [6.45, 7) is 6.04. The number of esters is 1. The van der Waals surface area contributed by atoms with Crippen molar-refractivity contribution in [3.8, 4) is 0 Å². The Hall–Kier alpha value is -2.28. The van der Waals surface area contributed by atoms with Gasteiger partial charge < -0.3 is 14.6 Å². The van der Waals surface area contributed by atoms with Crippen LogP contribution in [0.1, 0.15) is 36.8 Å². The number of aromatic nitrogens is 2. The summed E-state index contributed by atoms with van der Waals surface area (Å²) in [6.07, 6.45) is 1.88. The average molecular weight is 361 g/mol. The smallest absolute Gasteiger partial charge is 0.358 e. The predicted octanol–water partition coefficient (Wildman–Crippen LogP) is 3.42. The van der Waals surface area contributed by atoms with Crippen molar-refractivity contribution in [1.29, 1.82) is 0 Å². The van der Waals surface area contributed by atoms with E-state index in [2.05, 4.69) is 10.3 Å². The van der Waals surface area contributed by atoms with Gasteiger partial charge in [-0.2, -0.15) is 0 Å². The Kier molecular flexibility index (Phi) is 6.64. The Bertz CT molecular complexity index is 742. The fourth-order valence-electron chi connectivity index (χ4n) is 2.26. The van der Waals surface area contributed by atoms with Crippen molar-refractivity contribution in [2.75, 3.05) is 18.2 Å². The maximum atomic E-state index is 12.5. The molecule has 0 aliphatic carbocycles. The molecule has 7 heteroatoms. The molecule has 1 aromatic carbocycles. The standard InChI is InChI=1S/C18H23N3O3S/c1-5-24-17(23)14-15(19-16(22)12(2)3)20-18(25-4)21(14)11-13-9-7-6-8-10-13/h6-10,12H,5,11H2,1-4H3,(H,19,22). The molecule has 2 rings (SSSR count). The average Bonchev–Trinajstić information content (AvgIpc) is 2.93. The number of amides is 1. The number of thioether (sulfide) groups is 1. The van der Waals surface area contributed by atoms with Gasteiger partial charge in [-0.05, 0) is 18.7 Å². The third kappa shape index (κ3) is 4.63. The minimum Gasteiger partial charge on any atom is -0.461 e. The lowest BCUT2D eigenvalue weighted by atomic mass is 10.2. The highest BCUT2D eigenvalue weighted by Gasteiger charge is 2.26. The Morgan fingerprint density at radius 3 is 2.52 bits per heavy atom. The summed E-state index contributed by atoms with van der Waals surface area (Å²) in [4.78, 5) is 29.1. The first kappa shape index (κ1) is 19.1. The summed E-state index contributed by atoms with van der Waals surface area (Å²) in [5.74, 6) is -0.655. The highest BCUT2D eigenvalue weighted by atomic mass is 32.2. The molecule has 25 heavy (non-hydrogen) atoms. The van der Waals surface area contributed by atoms with Gasteiger partial charge in [0, 0.05) is 5.92 Å². The monoisotopic (exact) mass is 361 g/mol. The molecule has 0 aliphatic heterocycles. The van der Waals surface area contributed by atoms with Gasteiger partial charge in [0.1, 0.15) is 0 Å². The van der Waals surface area contributed by atoms with Gasteiger partial charge >= 0.3 is 5.97 Å². The first-order valence-corrected chi connectivity index (χ1v) is 9.36. The summed E-state index contributed by atoms with van der Waals surface area (Å²) in [5.41, 5.74) is 1.30. The summed E-state index contributed by atoms with van der Waals surface area (Å²) in [6, 6.07) is 9.78. The molecule has 134 valence electrons. The van der Waals surface area contributed by atoms with Crippen molar-refractivity contribution in [2.24, 2.45) is 5.92 Å². The molecule has 2 aromatic rings. The molecule has 0 bridgehead atoms. The maximum absolute atomic E-state index is 12.5. The second-order valence-electron chi connectivity index (χ2n) is 5.73. The lowest BCUT2D eigenvalue weighted by molar-refractivity contribution is -0.118. The molecular formula is C18H23N3O3S.